The number of aryl methyl sites for hydroxylation is 1. The number of pyridine rings is 2. The molecule has 1 aliphatic heterocycles. The highest BCUT2D eigenvalue weighted by molar-refractivity contribution is 6.35. The summed E-state index contributed by atoms with van der Waals surface area (Å²) in [5.74, 6) is -3.17. The summed E-state index contributed by atoms with van der Waals surface area (Å²) in [6.07, 6.45) is 1.16. The summed E-state index contributed by atoms with van der Waals surface area (Å²) in [6, 6.07) is 4.66. The minimum Gasteiger partial charge on any atom is -0.267 e. The summed E-state index contributed by atoms with van der Waals surface area (Å²) in [7, 11) is 0. The number of fused-ring (bicyclic) bond motifs is 2. The summed E-state index contributed by atoms with van der Waals surface area (Å²) in [5, 5.41) is 12.4. The molecule has 2 aliphatic rings. The van der Waals surface area contributed by atoms with Gasteiger partial charge in [-0.1, -0.05) is 11.6 Å². The smallest absolute Gasteiger partial charge is 0.256 e. The van der Waals surface area contributed by atoms with E-state index >= 15 is 0 Å². The average molecular weight is 431 g/mol. The highest BCUT2D eigenvalue weighted by atomic mass is 35.5. The van der Waals surface area contributed by atoms with E-state index in [0.29, 0.717) is 50.1 Å². The molecular weight excluding hydrogens is 417 g/mol. The van der Waals surface area contributed by atoms with Gasteiger partial charge in [0.25, 0.3) is 5.92 Å². The molecule has 0 saturated heterocycles. The molecule has 1 fully saturated rings. The molecule has 4 aromatic heterocycles. The molecule has 30 heavy (non-hydrogen) atoms. The van der Waals surface area contributed by atoms with Crippen molar-refractivity contribution in [1.29, 1.82) is 0 Å². The number of alkyl halides is 2. The number of H-pyrrole nitrogens is 1. The fourth-order valence-corrected chi connectivity index (χ4v) is 4.73. The van der Waals surface area contributed by atoms with Gasteiger partial charge in [0, 0.05) is 35.4 Å². The molecule has 0 aromatic carbocycles. The van der Waals surface area contributed by atoms with Gasteiger partial charge >= 0.3 is 0 Å². The third kappa shape index (κ3) is 2.32. The van der Waals surface area contributed by atoms with Crippen LogP contribution in [-0.4, -0.2) is 35.9 Å². The summed E-state index contributed by atoms with van der Waals surface area (Å²) < 4.78 is 43.3. The van der Waals surface area contributed by atoms with Crippen molar-refractivity contribution in [1.82, 2.24) is 29.9 Å². The van der Waals surface area contributed by atoms with Gasteiger partial charge in [0.05, 0.1) is 29.2 Å². The fraction of sp³-hybridized carbons (Fsp3) is 0.300. The second-order valence-electron chi connectivity index (χ2n) is 8.08. The molecule has 0 bridgehead atoms. The summed E-state index contributed by atoms with van der Waals surface area (Å²) in [5.41, 5.74) is 3.03. The minimum absolute atomic E-state index is 0.135. The van der Waals surface area contributed by atoms with Gasteiger partial charge in [-0.2, -0.15) is 10.2 Å². The molecule has 6 nitrogen and oxygen atoms in total. The Morgan fingerprint density at radius 2 is 2.07 bits per heavy atom. The van der Waals surface area contributed by atoms with Crippen LogP contribution in [0.15, 0.2) is 24.4 Å². The van der Waals surface area contributed by atoms with E-state index in [1.165, 1.54) is 12.1 Å². The lowest BCUT2D eigenvalue weighted by molar-refractivity contribution is 0.0630. The third-order valence-electron chi connectivity index (χ3n) is 6.07. The first-order valence-electron chi connectivity index (χ1n) is 9.39. The molecule has 6 rings (SSSR count). The lowest BCUT2D eigenvalue weighted by Gasteiger charge is -2.10. The number of nitrogens with zero attached hydrogens (tertiary/aromatic N) is 5. The van der Waals surface area contributed by atoms with Gasteiger partial charge in [-0.05, 0) is 25.1 Å². The first-order valence-corrected chi connectivity index (χ1v) is 9.77. The van der Waals surface area contributed by atoms with E-state index in [1.807, 2.05) is 13.0 Å². The van der Waals surface area contributed by atoms with E-state index in [9.17, 15) is 13.2 Å². The highest BCUT2D eigenvalue weighted by Gasteiger charge is 2.73. The SMILES string of the molecule is Cc1cc(-c2c(-c3ccc(F)cn3)nn3c2CC2(C3)CC2(F)F)c2c(Cl)[nH]nc2n1. The first kappa shape index (κ1) is 17.9. The second-order valence-corrected chi connectivity index (χ2v) is 8.45. The van der Waals surface area contributed by atoms with E-state index < -0.39 is 17.2 Å². The zero-order valence-electron chi connectivity index (χ0n) is 15.7. The van der Waals surface area contributed by atoms with E-state index in [2.05, 4.69) is 25.3 Å². The van der Waals surface area contributed by atoms with E-state index in [0.717, 1.165) is 6.20 Å². The molecule has 5 heterocycles. The molecule has 1 saturated carbocycles. The lowest BCUT2D eigenvalue weighted by Crippen LogP contribution is -2.13. The van der Waals surface area contributed by atoms with Gasteiger partial charge in [0.15, 0.2) is 5.65 Å². The number of nitrogens with one attached hydrogen (secondary N) is 1. The maximum Gasteiger partial charge on any atom is 0.256 e. The van der Waals surface area contributed by atoms with Crippen LogP contribution in [0.2, 0.25) is 5.15 Å². The van der Waals surface area contributed by atoms with Gasteiger partial charge < -0.3 is 0 Å². The molecule has 1 unspecified atom stereocenters. The van der Waals surface area contributed by atoms with Gasteiger partial charge in [0.1, 0.15) is 16.7 Å². The van der Waals surface area contributed by atoms with Crippen LogP contribution in [0, 0.1) is 18.2 Å². The normalized spacial score (nSPS) is 21.5. The van der Waals surface area contributed by atoms with Crippen LogP contribution >= 0.6 is 11.6 Å². The van der Waals surface area contributed by atoms with E-state index in [1.54, 1.807) is 4.68 Å². The molecule has 0 amide bonds. The van der Waals surface area contributed by atoms with Crippen LogP contribution in [0.25, 0.3) is 33.5 Å². The number of aromatic amines is 1. The Morgan fingerprint density at radius 3 is 2.77 bits per heavy atom. The Morgan fingerprint density at radius 1 is 1.27 bits per heavy atom. The predicted octanol–water partition coefficient (Wildman–Crippen LogP) is 4.57. The van der Waals surface area contributed by atoms with Crippen molar-refractivity contribution >= 4 is 22.6 Å². The van der Waals surface area contributed by atoms with E-state index in [4.69, 9.17) is 11.6 Å². The Balaban J connectivity index is 1.64. The van der Waals surface area contributed by atoms with Crippen LogP contribution in [0.3, 0.4) is 0 Å². The van der Waals surface area contributed by atoms with Gasteiger partial charge in [-0.15, -0.1) is 0 Å². The fourth-order valence-electron chi connectivity index (χ4n) is 4.50. The number of aromatic nitrogens is 6. The number of halogens is 4. The highest BCUT2D eigenvalue weighted by Crippen LogP contribution is 2.66. The summed E-state index contributed by atoms with van der Waals surface area (Å²) in [6.45, 7) is 1.96. The predicted molar refractivity (Wildman–Crippen MR) is 104 cm³/mol. The van der Waals surface area contributed by atoms with Crippen molar-refractivity contribution < 1.29 is 13.2 Å². The van der Waals surface area contributed by atoms with Crippen molar-refractivity contribution in [3.05, 3.63) is 46.8 Å². The number of hydrogen-bond donors (Lipinski definition) is 1. The Labute approximate surface area is 173 Å². The summed E-state index contributed by atoms with van der Waals surface area (Å²) >= 11 is 6.36. The molecule has 1 aliphatic carbocycles. The number of rotatable bonds is 2. The van der Waals surface area contributed by atoms with Crippen molar-refractivity contribution in [2.24, 2.45) is 5.41 Å². The van der Waals surface area contributed by atoms with Crippen LogP contribution in [0.5, 0.6) is 0 Å². The Bertz CT molecular complexity index is 1340. The maximum atomic E-state index is 14.1. The van der Waals surface area contributed by atoms with Crippen LogP contribution in [0.1, 0.15) is 17.8 Å². The minimum atomic E-state index is -2.70. The van der Waals surface area contributed by atoms with Gasteiger partial charge in [0.2, 0.25) is 0 Å². The van der Waals surface area contributed by atoms with Gasteiger partial charge in [-0.3, -0.25) is 14.8 Å². The molecule has 152 valence electrons. The van der Waals surface area contributed by atoms with E-state index in [-0.39, 0.29) is 19.4 Å². The second kappa shape index (κ2) is 5.60. The van der Waals surface area contributed by atoms with Crippen LogP contribution in [0.4, 0.5) is 13.2 Å². The lowest BCUT2D eigenvalue weighted by atomic mass is 9.94. The third-order valence-corrected chi connectivity index (χ3v) is 6.35. The largest absolute Gasteiger partial charge is 0.267 e. The van der Waals surface area contributed by atoms with Crippen molar-refractivity contribution in [2.45, 2.75) is 32.2 Å². The van der Waals surface area contributed by atoms with Crippen LogP contribution < -0.4 is 0 Å². The molecule has 1 N–H and O–H groups in total. The first-order chi connectivity index (χ1) is 14.3. The Hall–Kier alpha value is -2.94. The number of hydrogen-bond acceptors (Lipinski definition) is 4. The van der Waals surface area contributed by atoms with Crippen molar-refractivity contribution in [3.8, 4) is 22.5 Å². The average Bonchev–Trinajstić information content (AvgIpc) is 3.06. The molecule has 1 atom stereocenters. The van der Waals surface area contributed by atoms with Crippen molar-refractivity contribution in [2.75, 3.05) is 0 Å². The van der Waals surface area contributed by atoms with Crippen molar-refractivity contribution in [3.63, 3.8) is 0 Å². The molecule has 4 aromatic rings. The summed E-state index contributed by atoms with van der Waals surface area (Å²) in [4.78, 5) is 8.57. The standard InChI is InChI=1S/C20H14ClF3N6/c1-9-4-11(15-17(21)27-28-18(15)26-9)14-13-5-19(7-20(19,23)24)8-30(13)29-16(14)12-3-2-10(22)6-25-12/h2-4,6H,5,7-8H2,1H3,(H,26,27,28). The topological polar surface area (TPSA) is 72.3 Å². The zero-order valence-corrected chi connectivity index (χ0v) is 16.4. The molecule has 10 heteroatoms. The zero-order chi connectivity index (χ0) is 20.8. The van der Waals surface area contributed by atoms with Gasteiger partial charge in [-0.25, -0.2) is 18.2 Å². The molecular formula is C20H14ClF3N6. The monoisotopic (exact) mass is 430 g/mol. The molecule has 0 radical (unpaired) electrons. The van der Waals surface area contributed by atoms with Crippen LogP contribution in [-0.2, 0) is 13.0 Å². The Kier molecular flexibility index (Phi) is 3.34. The maximum absolute atomic E-state index is 14.1. The molecule has 1 spiro atoms. The quantitative estimate of drug-likeness (QED) is 0.506.